The van der Waals surface area contributed by atoms with E-state index in [-0.39, 0.29) is 0 Å². The normalized spacial score (nSPS) is 11.5. The molecule has 5 heteroatoms. The van der Waals surface area contributed by atoms with Gasteiger partial charge >= 0.3 is 6.09 Å². The maximum atomic E-state index is 13.0. The number of hydrogen-bond donors (Lipinski definition) is 0. The van der Waals surface area contributed by atoms with Gasteiger partial charge in [0.25, 0.3) is 0 Å². The van der Waals surface area contributed by atoms with E-state index in [9.17, 15) is 4.79 Å². The Morgan fingerprint density at radius 2 is 1.50 bits per heavy atom. The number of methoxy groups -OCH3 is 1. The second-order valence-corrected chi connectivity index (χ2v) is 8.09. The van der Waals surface area contributed by atoms with Crippen molar-refractivity contribution in [1.82, 2.24) is 9.55 Å². The highest BCUT2D eigenvalue weighted by Gasteiger charge is 2.23. The number of benzene rings is 2. The second-order valence-electron chi connectivity index (χ2n) is 8.09. The Kier molecular flexibility index (Phi) is 5.04. The zero-order valence-electron chi connectivity index (χ0n) is 17.5. The van der Waals surface area contributed by atoms with Crippen molar-refractivity contribution in [2.24, 2.45) is 0 Å². The predicted molar refractivity (Wildman–Crippen MR) is 119 cm³/mol. The molecule has 0 fully saturated rings. The Morgan fingerprint density at radius 1 is 0.900 bits per heavy atom. The number of nitrogens with zero attached hydrogens (tertiary/aromatic N) is 2. The van der Waals surface area contributed by atoms with Gasteiger partial charge in [0.2, 0.25) is 0 Å². The third-order valence-corrected chi connectivity index (χ3v) is 4.79. The van der Waals surface area contributed by atoms with Gasteiger partial charge in [-0.3, -0.25) is 4.98 Å². The van der Waals surface area contributed by atoms with Crippen LogP contribution < -0.4 is 4.74 Å². The van der Waals surface area contributed by atoms with Gasteiger partial charge in [-0.2, -0.15) is 0 Å². The highest BCUT2D eigenvalue weighted by molar-refractivity contribution is 5.96. The smallest absolute Gasteiger partial charge is 0.419 e. The Hall–Kier alpha value is -3.60. The van der Waals surface area contributed by atoms with E-state index in [0.29, 0.717) is 0 Å². The lowest BCUT2D eigenvalue weighted by molar-refractivity contribution is 0.0547. The molecule has 0 spiro atoms. The van der Waals surface area contributed by atoms with E-state index in [1.54, 1.807) is 24.1 Å². The third kappa shape index (κ3) is 3.92. The highest BCUT2D eigenvalue weighted by Crippen LogP contribution is 2.31. The number of carbonyl (C=O) groups is 1. The first-order chi connectivity index (χ1) is 14.4. The molecule has 30 heavy (non-hydrogen) atoms. The van der Waals surface area contributed by atoms with Gasteiger partial charge in [-0.25, -0.2) is 9.36 Å². The summed E-state index contributed by atoms with van der Waals surface area (Å²) in [6, 6.07) is 19.9. The predicted octanol–water partition coefficient (Wildman–Crippen LogP) is 6.16. The summed E-state index contributed by atoms with van der Waals surface area (Å²) >= 11 is 0. The molecule has 0 amide bonds. The fourth-order valence-corrected chi connectivity index (χ4v) is 3.38. The van der Waals surface area contributed by atoms with Gasteiger partial charge in [0.05, 0.1) is 24.5 Å². The first kappa shape index (κ1) is 19.7. The fraction of sp³-hybridized carbons (Fsp3) is 0.200. The van der Waals surface area contributed by atoms with Gasteiger partial charge in [0.15, 0.2) is 0 Å². The van der Waals surface area contributed by atoms with Crippen LogP contribution in [0, 0.1) is 0 Å². The summed E-state index contributed by atoms with van der Waals surface area (Å²) in [5.41, 5.74) is 4.01. The molecule has 0 bridgehead atoms. The molecule has 0 atom stereocenters. The molecule has 5 nitrogen and oxygen atoms in total. The summed E-state index contributed by atoms with van der Waals surface area (Å²) in [4.78, 5) is 17.2. The molecule has 0 aliphatic rings. The number of carbonyl (C=O) groups excluding carboxylic acids is 1. The summed E-state index contributed by atoms with van der Waals surface area (Å²) in [5, 5.41) is 0.935. The van der Waals surface area contributed by atoms with Crippen LogP contribution in [0.1, 0.15) is 20.8 Å². The zero-order chi connectivity index (χ0) is 21.3. The molecule has 152 valence electrons. The molecule has 0 N–H and O–H groups in total. The number of aromatic nitrogens is 2. The molecule has 0 unspecified atom stereocenters. The lowest BCUT2D eigenvalue weighted by atomic mass is 10.0. The lowest BCUT2D eigenvalue weighted by Crippen LogP contribution is -2.27. The number of ether oxygens (including phenoxy) is 2. The van der Waals surface area contributed by atoms with Crippen LogP contribution in [0.4, 0.5) is 4.79 Å². The molecule has 4 rings (SSSR count). The van der Waals surface area contributed by atoms with Gasteiger partial charge in [-0.15, -0.1) is 0 Å². The molecule has 4 aromatic rings. The second kappa shape index (κ2) is 7.67. The molecule has 0 aliphatic carbocycles. The van der Waals surface area contributed by atoms with Crippen molar-refractivity contribution in [1.29, 1.82) is 0 Å². The Morgan fingerprint density at radius 3 is 2.10 bits per heavy atom. The summed E-state index contributed by atoms with van der Waals surface area (Å²) in [5.74, 6) is 0.825. The summed E-state index contributed by atoms with van der Waals surface area (Å²) in [6.07, 6.45) is 2.99. The van der Waals surface area contributed by atoms with Crippen LogP contribution in [0.25, 0.3) is 33.3 Å². The monoisotopic (exact) mass is 400 g/mol. The first-order valence-electron chi connectivity index (χ1n) is 9.79. The topological polar surface area (TPSA) is 53.4 Å². The zero-order valence-corrected chi connectivity index (χ0v) is 17.5. The molecule has 0 saturated carbocycles. The standard InChI is InChI=1S/C25H24N2O3/c1-25(2,3)30-24(28)27-22(15-20-13-14-26-16-23(20)27)19-7-5-17(6-8-19)18-9-11-21(29-4)12-10-18/h5-16H,1-4H3. The van der Waals surface area contributed by atoms with Crippen LogP contribution in [0.2, 0.25) is 0 Å². The molecule has 2 heterocycles. The maximum Gasteiger partial charge on any atom is 0.419 e. The van der Waals surface area contributed by atoms with E-state index in [2.05, 4.69) is 4.98 Å². The third-order valence-electron chi connectivity index (χ3n) is 4.79. The number of hydrogen-bond acceptors (Lipinski definition) is 4. The van der Waals surface area contributed by atoms with Gasteiger partial charge < -0.3 is 9.47 Å². The van der Waals surface area contributed by atoms with Gasteiger partial charge in [0.1, 0.15) is 11.4 Å². The fourth-order valence-electron chi connectivity index (χ4n) is 3.38. The minimum Gasteiger partial charge on any atom is -0.497 e. The molecule has 0 saturated heterocycles. The molecule has 0 radical (unpaired) electrons. The Bertz CT molecular complexity index is 1180. The minimum absolute atomic E-state index is 0.417. The van der Waals surface area contributed by atoms with Crippen LogP contribution in [-0.2, 0) is 4.74 Å². The van der Waals surface area contributed by atoms with Crippen molar-refractivity contribution in [3.63, 3.8) is 0 Å². The summed E-state index contributed by atoms with van der Waals surface area (Å²) in [6.45, 7) is 5.58. The van der Waals surface area contributed by atoms with Gasteiger partial charge in [-0.05, 0) is 61.7 Å². The Labute approximate surface area is 175 Å². The number of fused-ring (bicyclic) bond motifs is 1. The van der Waals surface area contributed by atoms with Crippen LogP contribution in [0.5, 0.6) is 5.75 Å². The SMILES string of the molecule is COc1ccc(-c2ccc(-c3cc4ccncc4n3C(=O)OC(C)(C)C)cc2)cc1. The average Bonchev–Trinajstić information content (AvgIpc) is 3.12. The molecule has 2 aromatic carbocycles. The maximum absolute atomic E-state index is 13.0. The van der Waals surface area contributed by atoms with Gasteiger partial charge in [0, 0.05) is 11.6 Å². The molecule has 0 aliphatic heterocycles. The van der Waals surface area contributed by atoms with Crippen LogP contribution in [0.15, 0.2) is 73.1 Å². The lowest BCUT2D eigenvalue weighted by Gasteiger charge is -2.21. The van der Waals surface area contributed by atoms with Crippen molar-refractivity contribution in [2.45, 2.75) is 26.4 Å². The van der Waals surface area contributed by atoms with E-state index in [1.807, 2.05) is 81.4 Å². The molecular formula is C25H24N2O3. The van der Waals surface area contributed by atoms with Crippen LogP contribution in [0.3, 0.4) is 0 Å². The van der Waals surface area contributed by atoms with Crippen LogP contribution >= 0.6 is 0 Å². The Balaban J connectivity index is 1.75. The van der Waals surface area contributed by atoms with Crippen molar-refractivity contribution < 1.29 is 14.3 Å². The molecule has 2 aromatic heterocycles. The van der Waals surface area contributed by atoms with E-state index < -0.39 is 11.7 Å². The summed E-state index contributed by atoms with van der Waals surface area (Å²) in [7, 11) is 1.66. The average molecular weight is 400 g/mol. The van der Waals surface area contributed by atoms with Gasteiger partial charge in [-0.1, -0.05) is 36.4 Å². The number of pyridine rings is 1. The van der Waals surface area contributed by atoms with Crippen molar-refractivity contribution >= 4 is 17.0 Å². The van der Waals surface area contributed by atoms with Crippen LogP contribution in [-0.4, -0.2) is 28.4 Å². The number of rotatable bonds is 3. The van der Waals surface area contributed by atoms with E-state index in [4.69, 9.17) is 9.47 Å². The summed E-state index contributed by atoms with van der Waals surface area (Å²) < 4.78 is 12.5. The van der Waals surface area contributed by atoms with E-state index in [1.165, 1.54) is 0 Å². The largest absolute Gasteiger partial charge is 0.497 e. The molecular weight excluding hydrogens is 376 g/mol. The minimum atomic E-state index is -0.592. The van der Waals surface area contributed by atoms with Crippen molar-refractivity contribution in [3.8, 4) is 28.1 Å². The highest BCUT2D eigenvalue weighted by atomic mass is 16.6. The first-order valence-corrected chi connectivity index (χ1v) is 9.79. The van der Waals surface area contributed by atoms with E-state index >= 15 is 0 Å². The quantitative estimate of drug-likeness (QED) is 0.413. The van der Waals surface area contributed by atoms with Crippen molar-refractivity contribution in [3.05, 3.63) is 73.1 Å². The van der Waals surface area contributed by atoms with Crippen molar-refractivity contribution in [2.75, 3.05) is 7.11 Å². The van der Waals surface area contributed by atoms with E-state index in [0.717, 1.165) is 39.0 Å².